The van der Waals surface area contributed by atoms with Crippen molar-refractivity contribution in [2.24, 2.45) is 11.8 Å². The van der Waals surface area contributed by atoms with Crippen molar-refractivity contribution in [2.45, 2.75) is 44.0 Å². The summed E-state index contributed by atoms with van der Waals surface area (Å²) in [5.74, 6) is 0.696. The van der Waals surface area contributed by atoms with Gasteiger partial charge in [0.15, 0.2) is 0 Å². The molecular weight excluding hydrogens is 288 g/mol. The van der Waals surface area contributed by atoms with Crippen molar-refractivity contribution < 1.29 is 14.7 Å². The maximum Gasteiger partial charge on any atom is 0.311 e. The van der Waals surface area contributed by atoms with Crippen LogP contribution in [0.3, 0.4) is 0 Å². The topological polar surface area (TPSA) is 69.6 Å². The van der Waals surface area contributed by atoms with Crippen LogP contribution < -0.4 is 5.32 Å². The average molecular weight is 314 g/mol. The van der Waals surface area contributed by atoms with E-state index in [1.807, 2.05) is 11.8 Å². The van der Waals surface area contributed by atoms with E-state index in [0.717, 1.165) is 25.0 Å². The van der Waals surface area contributed by atoms with E-state index in [-0.39, 0.29) is 11.3 Å². The van der Waals surface area contributed by atoms with Crippen LogP contribution in [-0.2, 0) is 9.59 Å². The molecule has 1 saturated carbocycles. The Labute approximate surface area is 130 Å². The molecule has 120 valence electrons. The first-order valence-corrected chi connectivity index (χ1v) is 8.65. The molecule has 1 aliphatic heterocycles. The largest absolute Gasteiger partial charge is 0.391 e. The highest BCUT2D eigenvalue weighted by molar-refractivity contribution is 8.00. The lowest BCUT2D eigenvalue weighted by molar-refractivity contribution is -0.145. The molecule has 2 amide bonds. The van der Waals surface area contributed by atoms with Crippen LogP contribution >= 0.6 is 11.8 Å². The van der Waals surface area contributed by atoms with Gasteiger partial charge in [0.25, 0.3) is 0 Å². The molecule has 2 aliphatic rings. The molecule has 0 radical (unpaired) electrons. The summed E-state index contributed by atoms with van der Waals surface area (Å²) < 4.78 is 0.157. The van der Waals surface area contributed by atoms with Crippen LogP contribution in [0.15, 0.2) is 0 Å². The molecule has 1 heterocycles. The molecule has 1 saturated heterocycles. The summed E-state index contributed by atoms with van der Waals surface area (Å²) in [6.07, 6.45) is 2.60. The Bertz CT molecular complexity index is 410. The lowest BCUT2D eigenvalue weighted by Crippen LogP contribution is -2.46. The van der Waals surface area contributed by atoms with Gasteiger partial charge in [0.05, 0.1) is 6.10 Å². The number of hydrogen-bond acceptors (Lipinski definition) is 4. The molecule has 0 bridgehead atoms. The van der Waals surface area contributed by atoms with E-state index in [9.17, 15) is 14.7 Å². The average Bonchev–Trinajstić information content (AvgIpc) is 3.20. The van der Waals surface area contributed by atoms with Crippen LogP contribution in [0.4, 0.5) is 0 Å². The SMILES string of the molecule is CN(CC(O)C1CC1)C(=O)C(=O)NCC1CCSC1(C)C. The van der Waals surface area contributed by atoms with E-state index in [2.05, 4.69) is 19.2 Å². The third-order valence-corrected chi connectivity index (χ3v) is 6.12. The number of amides is 2. The van der Waals surface area contributed by atoms with E-state index in [1.165, 1.54) is 4.90 Å². The van der Waals surface area contributed by atoms with Crippen molar-refractivity contribution in [3.8, 4) is 0 Å². The molecule has 1 aliphatic carbocycles. The molecule has 2 atom stereocenters. The maximum atomic E-state index is 12.0. The Balaban J connectivity index is 1.75. The second-order valence-corrected chi connectivity index (χ2v) is 8.49. The zero-order valence-corrected chi connectivity index (χ0v) is 13.9. The van der Waals surface area contributed by atoms with Crippen molar-refractivity contribution in [3.05, 3.63) is 0 Å². The molecule has 0 aromatic rings. The maximum absolute atomic E-state index is 12.0. The van der Waals surface area contributed by atoms with Crippen molar-refractivity contribution >= 4 is 23.6 Å². The highest BCUT2D eigenvalue weighted by Crippen LogP contribution is 2.41. The fourth-order valence-corrected chi connectivity index (χ4v) is 4.10. The molecule has 0 aromatic carbocycles. The number of aliphatic hydroxyl groups excluding tert-OH is 1. The normalized spacial score (nSPS) is 25.4. The van der Waals surface area contributed by atoms with Crippen LogP contribution in [-0.4, -0.2) is 58.6 Å². The zero-order chi connectivity index (χ0) is 15.6. The number of thioether (sulfide) groups is 1. The van der Waals surface area contributed by atoms with Gasteiger partial charge in [-0.05, 0) is 36.9 Å². The Kier molecular flexibility index (Phi) is 5.20. The van der Waals surface area contributed by atoms with Crippen molar-refractivity contribution in [1.82, 2.24) is 10.2 Å². The number of likely N-dealkylation sites (N-methyl/N-ethyl adjacent to an activating group) is 1. The minimum atomic E-state index is -0.562. The number of rotatable bonds is 5. The molecule has 0 spiro atoms. The zero-order valence-electron chi connectivity index (χ0n) is 13.1. The molecule has 5 nitrogen and oxygen atoms in total. The van der Waals surface area contributed by atoms with Crippen LogP contribution in [0, 0.1) is 11.8 Å². The minimum absolute atomic E-state index is 0.157. The molecule has 2 fully saturated rings. The third kappa shape index (κ3) is 4.36. The van der Waals surface area contributed by atoms with E-state index >= 15 is 0 Å². The summed E-state index contributed by atoms with van der Waals surface area (Å²) in [5.41, 5.74) is 0. The first kappa shape index (κ1) is 16.6. The van der Waals surface area contributed by atoms with Gasteiger partial charge in [-0.1, -0.05) is 13.8 Å². The Morgan fingerprint density at radius 1 is 1.38 bits per heavy atom. The first-order chi connectivity index (χ1) is 9.81. The standard InChI is InChI=1S/C15H26N2O3S/c1-15(2)11(6-7-21-15)8-16-13(19)14(20)17(3)9-12(18)10-4-5-10/h10-12,18H,4-9H2,1-3H3,(H,16,19). The second kappa shape index (κ2) is 6.57. The van der Waals surface area contributed by atoms with Gasteiger partial charge in [0.2, 0.25) is 0 Å². The summed E-state index contributed by atoms with van der Waals surface area (Å²) in [5, 5.41) is 12.6. The Morgan fingerprint density at radius 2 is 2.05 bits per heavy atom. The van der Waals surface area contributed by atoms with Crippen LogP contribution in [0.25, 0.3) is 0 Å². The van der Waals surface area contributed by atoms with Crippen LogP contribution in [0.5, 0.6) is 0 Å². The molecule has 21 heavy (non-hydrogen) atoms. The molecule has 6 heteroatoms. The first-order valence-electron chi connectivity index (χ1n) is 7.66. The molecule has 2 unspecified atom stereocenters. The number of nitrogens with one attached hydrogen (secondary N) is 1. The molecule has 2 rings (SSSR count). The lowest BCUT2D eigenvalue weighted by atomic mass is 9.93. The highest BCUT2D eigenvalue weighted by atomic mass is 32.2. The summed E-state index contributed by atoms with van der Waals surface area (Å²) in [6, 6.07) is 0. The summed E-state index contributed by atoms with van der Waals surface area (Å²) in [7, 11) is 1.57. The molecular formula is C15H26N2O3S. The van der Waals surface area contributed by atoms with E-state index in [1.54, 1.807) is 7.05 Å². The van der Waals surface area contributed by atoms with Crippen LogP contribution in [0.2, 0.25) is 0 Å². The summed E-state index contributed by atoms with van der Waals surface area (Å²) in [6.45, 7) is 5.15. The lowest BCUT2D eigenvalue weighted by Gasteiger charge is -2.26. The van der Waals surface area contributed by atoms with Gasteiger partial charge < -0.3 is 15.3 Å². The van der Waals surface area contributed by atoms with Gasteiger partial charge in [0, 0.05) is 24.9 Å². The fraction of sp³-hybridized carbons (Fsp3) is 0.867. The van der Waals surface area contributed by atoms with Gasteiger partial charge in [-0.3, -0.25) is 9.59 Å². The van der Waals surface area contributed by atoms with Gasteiger partial charge in [-0.15, -0.1) is 0 Å². The van der Waals surface area contributed by atoms with Gasteiger partial charge >= 0.3 is 11.8 Å². The van der Waals surface area contributed by atoms with Crippen molar-refractivity contribution in [2.75, 3.05) is 25.9 Å². The predicted octanol–water partition coefficient (Wildman–Crippen LogP) is 0.864. The third-order valence-electron chi connectivity index (χ3n) is 4.60. The van der Waals surface area contributed by atoms with Crippen LogP contribution in [0.1, 0.15) is 33.1 Å². The smallest absolute Gasteiger partial charge is 0.311 e. The summed E-state index contributed by atoms with van der Waals surface area (Å²) >= 11 is 1.91. The van der Waals surface area contributed by atoms with E-state index in [0.29, 0.717) is 18.4 Å². The number of hydrogen-bond donors (Lipinski definition) is 2. The van der Waals surface area contributed by atoms with Crippen molar-refractivity contribution in [3.63, 3.8) is 0 Å². The predicted molar refractivity (Wildman–Crippen MR) is 84.0 cm³/mol. The number of carbonyl (C=O) groups is 2. The van der Waals surface area contributed by atoms with Crippen molar-refractivity contribution in [1.29, 1.82) is 0 Å². The number of aliphatic hydroxyl groups is 1. The quantitative estimate of drug-likeness (QED) is 0.739. The van der Waals surface area contributed by atoms with Gasteiger partial charge in [-0.25, -0.2) is 0 Å². The van der Waals surface area contributed by atoms with E-state index in [4.69, 9.17) is 0 Å². The molecule has 2 N–H and O–H groups in total. The minimum Gasteiger partial charge on any atom is -0.391 e. The Hall–Kier alpha value is -0.750. The number of nitrogens with zero attached hydrogens (tertiary/aromatic N) is 1. The fourth-order valence-electron chi connectivity index (χ4n) is 2.74. The Morgan fingerprint density at radius 3 is 2.57 bits per heavy atom. The number of carbonyl (C=O) groups excluding carboxylic acids is 2. The van der Waals surface area contributed by atoms with Gasteiger partial charge in [-0.2, -0.15) is 11.8 Å². The second-order valence-electron chi connectivity index (χ2n) is 6.74. The highest BCUT2D eigenvalue weighted by Gasteiger charge is 2.36. The van der Waals surface area contributed by atoms with Gasteiger partial charge in [0.1, 0.15) is 0 Å². The monoisotopic (exact) mass is 314 g/mol. The summed E-state index contributed by atoms with van der Waals surface area (Å²) in [4.78, 5) is 25.2. The van der Waals surface area contributed by atoms with E-state index < -0.39 is 17.9 Å². The molecule has 0 aromatic heterocycles.